The highest BCUT2D eigenvalue weighted by Gasteiger charge is 2.24. The molecule has 1 amide bonds. The molecule has 7 heteroatoms. The van der Waals surface area contributed by atoms with Crippen LogP contribution in [0.1, 0.15) is 23.3 Å². The van der Waals surface area contributed by atoms with Gasteiger partial charge in [0.15, 0.2) is 5.43 Å². The van der Waals surface area contributed by atoms with Gasteiger partial charge in [-0.05, 0) is 48.3 Å². The highest BCUT2D eigenvalue weighted by molar-refractivity contribution is 6.32. The molecular weight excluding hydrogens is 428 g/mol. The zero-order valence-corrected chi connectivity index (χ0v) is 18.3. The number of morpholine rings is 1. The van der Waals surface area contributed by atoms with Gasteiger partial charge in [-0.25, -0.2) is 0 Å². The molecule has 1 saturated heterocycles. The molecular formula is C25H23ClN2O4. The van der Waals surface area contributed by atoms with Crippen molar-refractivity contribution in [1.82, 2.24) is 4.90 Å². The largest absolute Gasteiger partial charge is 0.456 e. The van der Waals surface area contributed by atoms with Gasteiger partial charge >= 0.3 is 0 Å². The number of hydrogen-bond acceptors (Lipinski definition) is 5. The lowest BCUT2D eigenvalue weighted by atomic mass is 10.1. The fraction of sp³-hybridized carbons (Fsp3) is 0.280. The summed E-state index contributed by atoms with van der Waals surface area (Å²) in [7, 11) is 0. The number of ether oxygens (including phenoxy) is 1. The number of hydrogen-bond donors (Lipinski definition) is 1. The molecule has 1 aromatic heterocycles. The molecule has 0 bridgehead atoms. The van der Waals surface area contributed by atoms with Crippen molar-refractivity contribution in [3.05, 3.63) is 74.6 Å². The van der Waals surface area contributed by atoms with E-state index in [9.17, 15) is 9.59 Å². The summed E-state index contributed by atoms with van der Waals surface area (Å²) in [5, 5.41) is 4.09. The molecule has 0 spiro atoms. The fourth-order valence-electron chi connectivity index (χ4n) is 4.25. The van der Waals surface area contributed by atoms with E-state index in [-0.39, 0.29) is 11.3 Å². The monoisotopic (exact) mass is 450 g/mol. The Labute approximate surface area is 190 Å². The predicted octanol–water partition coefficient (Wildman–Crippen LogP) is 4.20. The number of nitrogens with zero attached hydrogens (tertiary/aromatic N) is 1. The highest BCUT2D eigenvalue weighted by atomic mass is 35.5. The molecule has 6 nitrogen and oxygen atoms in total. The van der Waals surface area contributed by atoms with Crippen LogP contribution in [0.5, 0.6) is 0 Å². The van der Waals surface area contributed by atoms with Crippen LogP contribution >= 0.6 is 11.6 Å². The van der Waals surface area contributed by atoms with Crippen molar-refractivity contribution in [2.75, 3.05) is 38.2 Å². The van der Waals surface area contributed by atoms with Gasteiger partial charge in [-0.15, -0.1) is 0 Å². The summed E-state index contributed by atoms with van der Waals surface area (Å²) in [4.78, 5) is 27.6. The first kappa shape index (κ1) is 20.9. The van der Waals surface area contributed by atoms with E-state index in [1.54, 1.807) is 18.2 Å². The number of carbonyl (C=O) groups excluding carboxylic acids is 1. The standard InChI is InChI=1S/C25H23ClN2O4/c26-21-4-2-1-3-16(21)13-17-5-7-20-24(30)19-8-6-18(14-22(19)32-25(17)20)27-23(29)15-28-9-11-31-12-10-28/h1-4,6,8,13-14H,5,7,9-12,15H2,(H,27,29). The maximum Gasteiger partial charge on any atom is 0.238 e. The van der Waals surface area contributed by atoms with Crippen molar-refractivity contribution < 1.29 is 13.9 Å². The molecule has 164 valence electrons. The number of allylic oxidation sites excluding steroid dienone is 1. The zero-order valence-electron chi connectivity index (χ0n) is 17.5. The minimum Gasteiger partial charge on any atom is -0.456 e. The van der Waals surface area contributed by atoms with Gasteiger partial charge < -0.3 is 14.5 Å². The molecule has 3 aromatic rings. The molecule has 2 aromatic carbocycles. The van der Waals surface area contributed by atoms with Crippen molar-refractivity contribution in [1.29, 1.82) is 0 Å². The van der Waals surface area contributed by atoms with Crippen LogP contribution in [-0.4, -0.2) is 43.7 Å². The topological polar surface area (TPSA) is 71.8 Å². The van der Waals surface area contributed by atoms with Gasteiger partial charge in [0.1, 0.15) is 11.3 Å². The lowest BCUT2D eigenvalue weighted by Gasteiger charge is -2.25. The number of anilines is 1. The van der Waals surface area contributed by atoms with E-state index >= 15 is 0 Å². The van der Waals surface area contributed by atoms with Crippen molar-refractivity contribution in [2.24, 2.45) is 0 Å². The van der Waals surface area contributed by atoms with Crippen LogP contribution in [0.2, 0.25) is 5.02 Å². The lowest BCUT2D eigenvalue weighted by Crippen LogP contribution is -2.41. The maximum atomic E-state index is 13.1. The van der Waals surface area contributed by atoms with Crippen molar-refractivity contribution in [3.63, 3.8) is 0 Å². The molecule has 0 atom stereocenters. The first-order valence-electron chi connectivity index (χ1n) is 10.7. The van der Waals surface area contributed by atoms with Gasteiger partial charge in [-0.1, -0.05) is 29.8 Å². The smallest absolute Gasteiger partial charge is 0.238 e. The Morgan fingerprint density at radius 2 is 1.94 bits per heavy atom. The second-order valence-electron chi connectivity index (χ2n) is 8.08. The molecule has 2 heterocycles. The first-order valence-corrected chi connectivity index (χ1v) is 11.1. The Balaban J connectivity index is 1.44. The van der Waals surface area contributed by atoms with Crippen LogP contribution in [-0.2, 0) is 16.0 Å². The Morgan fingerprint density at radius 3 is 2.75 bits per heavy atom. The van der Waals surface area contributed by atoms with E-state index in [1.807, 2.05) is 30.3 Å². The van der Waals surface area contributed by atoms with Gasteiger partial charge in [0.2, 0.25) is 5.91 Å². The van der Waals surface area contributed by atoms with Crippen LogP contribution < -0.4 is 10.7 Å². The van der Waals surface area contributed by atoms with E-state index in [1.165, 1.54) is 0 Å². The average molecular weight is 451 g/mol. The highest BCUT2D eigenvalue weighted by Crippen LogP contribution is 2.35. The molecule has 0 radical (unpaired) electrons. The van der Waals surface area contributed by atoms with Gasteiger partial charge in [-0.3, -0.25) is 14.5 Å². The van der Waals surface area contributed by atoms with E-state index in [2.05, 4.69) is 10.2 Å². The van der Waals surface area contributed by atoms with Crippen molar-refractivity contribution in [3.8, 4) is 0 Å². The minimum absolute atomic E-state index is 0.0185. The van der Waals surface area contributed by atoms with Crippen LogP contribution in [0.3, 0.4) is 0 Å². The summed E-state index contributed by atoms with van der Waals surface area (Å²) in [5.41, 5.74) is 3.59. The third-order valence-electron chi connectivity index (χ3n) is 5.91. The third-order valence-corrected chi connectivity index (χ3v) is 6.26. The van der Waals surface area contributed by atoms with Crippen LogP contribution in [0.15, 0.2) is 51.7 Å². The van der Waals surface area contributed by atoms with Gasteiger partial charge in [-0.2, -0.15) is 0 Å². The number of halogens is 1. The number of fused-ring (bicyclic) bond motifs is 2. The number of amides is 1. The second-order valence-corrected chi connectivity index (χ2v) is 8.48. The molecule has 5 rings (SSSR count). The molecule has 0 unspecified atom stereocenters. The van der Waals surface area contributed by atoms with E-state index < -0.39 is 0 Å². The van der Waals surface area contributed by atoms with Crippen LogP contribution in [0.4, 0.5) is 5.69 Å². The second kappa shape index (κ2) is 8.90. The average Bonchev–Trinajstić information content (AvgIpc) is 3.19. The summed E-state index contributed by atoms with van der Waals surface area (Å²) in [6, 6.07) is 12.8. The SMILES string of the molecule is O=C(CN1CCOCC1)Nc1ccc2c(=O)c3c(oc2c1)C(=Cc1ccccc1Cl)CC3. The number of carbonyl (C=O) groups is 1. The molecule has 1 aliphatic carbocycles. The van der Waals surface area contributed by atoms with Crippen LogP contribution in [0, 0.1) is 0 Å². The van der Waals surface area contributed by atoms with Crippen LogP contribution in [0.25, 0.3) is 22.6 Å². The fourth-order valence-corrected chi connectivity index (χ4v) is 4.44. The third kappa shape index (κ3) is 4.21. The molecule has 1 N–H and O–H groups in total. The van der Waals surface area contributed by atoms with E-state index in [0.29, 0.717) is 59.2 Å². The number of nitrogens with one attached hydrogen (secondary N) is 1. The zero-order chi connectivity index (χ0) is 22.1. The van der Waals surface area contributed by atoms with Gasteiger partial charge in [0, 0.05) is 35.4 Å². The number of benzene rings is 2. The molecule has 1 fully saturated rings. The normalized spacial score (nSPS) is 17.6. The Hall–Kier alpha value is -2.93. The summed E-state index contributed by atoms with van der Waals surface area (Å²) < 4.78 is 11.5. The molecule has 32 heavy (non-hydrogen) atoms. The Kier molecular flexibility index (Phi) is 5.83. The van der Waals surface area contributed by atoms with E-state index in [0.717, 1.165) is 30.6 Å². The summed E-state index contributed by atoms with van der Waals surface area (Å²) in [6.45, 7) is 3.08. The molecule has 1 aliphatic heterocycles. The Morgan fingerprint density at radius 1 is 1.12 bits per heavy atom. The predicted molar refractivity (Wildman–Crippen MR) is 126 cm³/mol. The minimum atomic E-state index is -0.103. The van der Waals surface area contributed by atoms with Crippen molar-refractivity contribution >= 4 is 45.8 Å². The van der Waals surface area contributed by atoms with Gasteiger partial charge in [0.25, 0.3) is 0 Å². The molecule has 0 saturated carbocycles. The lowest BCUT2D eigenvalue weighted by molar-refractivity contribution is -0.118. The first-order chi connectivity index (χ1) is 15.6. The summed E-state index contributed by atoms with van der Waals surface area (Å²) >= 11 is 6.31. The van der Waals surface area contributed by atoms with Crippen molar-refractivity contribution in [2.45, 2.75) is 12.8 Å². The van der Waals surface area contributed by atoms with Gasteiger partial charge in [0.05, 0.1) is 25.1 Å². The summed E-state index contributed by atoms with van der Waals surface area (Å²) in [6.07, 6.45) is 3.34. The number of rotatable bonds is 4. The Bertz CT molecular complexity index is 1270. The van der Waals surface area contributed by atoms with E-state index in [4.69, 9.17) is 20.8 Å². The maximum absolute atomic E-state index is 13.1. The quantitative estimate of drug-likeness (QED) is 0.644. The summed E-state index contributed by atoms with van der Waals surface area (Å²) in [5.74, 6) is 0.508. The molecule has 2 aliphatic rings.